The van der Waals surface area contributed by atoms with Gasteiger partial charge in [-0.2, -0.15) is 0 Å². The molecule has 0 aliphatic carbocycles. The number of likely N-dealkylation sites (tertiary alicyclic amines) is 1. The highest BCUT2D eigenvalue weighted by atomic mass is 16.5. The second kappa shape index (κ2) is 6.90. The van der Waals surface area contributed by atoms with E-state index < -0.39 is 11.5 Å². The molecule has 6 nitrogen and oxygen atoms in total. The first-order valence-corrected chi connectivity index (χ1v) is 5.90. The Labute approximate surface area is 102 Å². The first-order chi connectivity index (χ1) is 8.08. The SMILES string of the molecule is COCCCOCCN1CCC(N)(C(=O)O)C1. The average molecular weight is 246 g/mol. The molecule has 0 aromatic heterocycles. The molecule has 1 fully saturated rings. The number of aliphatic carboxylic acids is 1. The lowest BCUT2D eigenvalue weighted by molar-refractivity contribution is -0.142. The third kappa shape index (κ3) is 4.59. The Bertz CT molecular complexity index is 250. The molecule has 0 amide bonds. The maximum Gasteiger partial charge on any atom is 0.325 e. The van der Waals surface area contributed by atoms with Gasteiger partial charge < -0.3 is 20.3 Å². The number of hydrogen-bond acceptors (Lipinski definition) is 5. The van der Waals surface area contributed by atoms with E-state index in [0.29, 0.717) is 32.8 Å². The summed E-state index contributed by atoms with van der Waals surface area (Å²) >= 11 is 0. The lowest BCUT2D eigenvalue weighted by Crippen LogP contribution is -2.50. The summed E-state index contributed by atoms with van der Waals surface area (Å²) in [7, 11) is 1.66. The summed E-state index contributed by atoms with van der Waals surface area (Å²) in [5.74, 6) is -0.916. The number of carboxylic acids is 1. The molecule has 1 atom stereocenters. The van der Waals surface area contributed by atoms with E-state index in [1.165, 1.54) is 0 Å². The highest BCUT2D eigenvalue weighted by Gasteiger charge is 2.40. The number of nitrogens with zero attached hydrogens (tertiary/aromatic N) is 1. The molecule has 0 aromatic carbocycles. The number of methoxy groups -OCH3 is 1. The molecular formula is C11H22N2O4. The predicted molar refractivity (Wildman–Crippen MR) is 62.9 cm³/mol. The fourth-order valence-corrected chi connectivity index (χ4v) is 1.88. The van der Waals surface area contributed by atoms with Crippen LogP contribution < -0.4 is 5.73 Å². The second-order valence-corrected chi connectivity index (χ2v) is 4.45. The van der Waals surface area contributed by atoms with Crippen molar-refractivity contribution in [3.05, 3.63) is 0 Å². The summed E-state index contributed by atoms with van der Waals surface area (Å²) in [4.78, 5) is 13.0. The van der Waals surface area contributed by atoms with Gasteiger partial charge in [-0.05, 0) is 12.8 Å². The number of nitrogens with two attached hydrogens (primary N) is 1. The largest absolute Gasteiger partial charge is 0.480 e. The van der Waals surface area contributed by atoms with Gasteiger partial charge in [0.2, 0.25) is 0 Å². The van der Waals surface area contributed by atoms with Crippen LogP contribution in [0.25, 0.3) is 0 Å². The predicted octanol–water partition coefficient (Wildman–Crippen LogP) is -0.473. The van der Waals surface area contributed by atoms with E-state index in [-0.39, 0.29) is 0 Å². The zero-order valence-corrected chi connectivity index (χ0v) is 10.4. The van der Waals surface area contributed by atoms with Crippen molar-refractivity contribution < 1.29 is 19.4 Å². The van der Waals surface area contributed by atoms with E-state index in [2.05, 4.69) is 0 Å². The van der Waals surface area contributed by atoms with Crippen molar-refractivity contribution in [1.29, 1.82) is 0 Å². The van der Waals surface area contributed by atoms with Gasteiger partial charge >= 0.3 is 5.97 Å². The van der Waals surface area contributed by atoms with Gasteiger partial charge in [-0.25, -0.2) is 0 Å². The van der Waals surface area contributed by atoms with Crippen molar-refractivity contribution in [2.24, 2.45) is 5.73 Å². The Morgan fingerprint density at radius 3 is 2.82 bits per heavy atom. The van der Waals surface area contributed by atoms with Gasteiger partial charge in [0, 0.05) is 40.0 Å². The summed E-state index contributed by atoms with van der Waals surface area (Å²) in [6, 6.07) is 0. The van der Waals surface area contributed by atoms with E-state index in [9.17, 15) is 4.79 Å². The highest BCUT2D eigenvalue weighted by molar-refractivity contribution is 5.79. The van der Waals surface area contributed by atoms with Crippen molar-refractivity contribution in [2.45, 2.75) is 18.4 Å². The van der Waals surface area contributed by atoms with Crippen LogP contribution in [0.2, 0.25) is 0 Å². The van der Waals surface area contributed by atoms with Gasteiger partial charge in [0.05, 0.1) is 6.61 Å². The number of carbonyl (C=O) groups is 1. The minimum Gasteiger partial charge on any atom is -0.480 e. The van der Waals surface area contributed by atoms with Gasteiger partial charge in [0.1, 0.15) is 5.54 Å². The molecule has 0 saturated carbocycles. The molecule has 1 rings (SSSR count). The molecule has 1 aliphatic rings. The molecule has 0 spiro atoms. The third-order valence-corrected chi connectivity index (χ3v) is 2.99. The van der Waals surface area contributed by atoms with Gasteiger partial charge in [-0.1, -0.05) is 0 Å². The highest BCUT2D eigenvalue weighted by Crippen LogP contribution is 2.18. The molecule has 100 valence electrons. The molecule has 1 aliphatic heterocycles. The van der Waals surface area contributed by atoms with Crippen LogP contribution >= 0.6 is 0 Å². The van der Waals surface area contributed by atoms with E-state index in [1.54, 1.807) is 7.11 Å². The lowest BCUT2D eigenvalue weighted by Gasteiger charge is -2.19. The Morgan fingerprint density at radius 2 is 2.24 bits per heavy atom. The number of ether oxygens (including phenoxy) is 2. The van der Waals surface area contributed by atoms with Crippen LogP contribution in [0.4, 0.5) is 0 Å². The number of carboxylic acid groups (broad SMARTS) is 1. The monoisotopic (exact) mass is 246 g/mol. The minimum atomic E-state index is -1.07. The zero-order valence-electron chi connectivity index (χ0n) is 10.4. The number of hydrogen-bond donors (Lipinski definition) is 2. The lowest BCUT2D eigenvalue weighted by atomic mass is 10.0. The molecule has 0 aromatic rings. The molecular weight excluding hydrogens is 224 g/mol. The van der Waals surface area contributed by atoms with Crippen LogP contribution in [0.5, 0.6) is 0 Å². The van der Waals surface area contributed by atoms with Crippen LogP contribution in [-0.2, 0) is 14.3 Å². The first-order valence-electron chi connectivity index (χ1n) is 5.90. The zero-order chi connectivity index (χ0) is 12.7. The van der Waals surface area contributed by atoms with Crippen LogP contribution in [0.3, 0.4) is 0 Å². The quantitative estimate of drug-likeness (QED) is 0.563. The second-order valence-electron chi connectivity index (χ2n) is 4.45. The first kappa shape index (κ1) is 14.4. The van der Waals surface area contributed by atoms with Gasteiger partial charge in [0.25, 0.3) is 0 Å². The standard InChI is InChI=1S/C11H22N2O4/c1-16-6-2-7-17-8-5-13-4-3-11(12,9-13)10(14)15/h2-9,12H2,1H3,(H,14,15). The number of rotatable bonds is 8. The van der Waals surface area contributed by atoms with Gasteiger partial charge in [-0.15, -0.1) is 0 Å². The summed E-state index contributed by atoms with van der Waals surface area (Å²) in [6.07, 6.45) is 1.39. The Hall–Kier alpha value is -0.690. The van der Waals surface area contributed by atoms with E-state index >= 15 is 0 Å². The molecule has 1 saturated heterocycles. The Kier molecular flexibility index (Phi) is 5.84. The fraction of sp³-hybridized carbons (Fsp3) is 0.909. The van der Waals surface area contributed by atoms with Crippen molar-refractivity contribution in [3.8, 4) is 0 Å². The van der Waals surface area contributed by atoms with Crippen molar-refractivity contribution in [1.82, 2.24) is 4.90 Å². The molecule has 6 heteroatoms. The smallest absolute Gasteiger partial charge is 0.325 e. The topological polar surface area (TPSA) is 85.0 Å². The maximum atomic E-state index is 10.9. The molecule has 17 heavy (non-hydrogen) atoms. The molecule has 0 radical (unpaired) electrons. The Morgan fingerprint density at radius 1 is 1.47 bits per heavy atom. The maximum absolute atomic E-state index is 10.9. The van der Waals surface area contributed by atoms with Crippen LogP contribution in [0.1, 0.15) is 12.8 Å². The van der Waals surface area contributed by atoms with Crippen molar-refractivity contribution >= 4 is 5.97 Å². The molecule has 1 heterocycles. The van der Waals surface area contributed by atoms with Gasteiger partial charge in [0.15, 0.2) is 0 Å². The minimum absolute atomic E-state index is 0.407. The summed E-state index contributed by atoms with van der Waals surface area (Å²) < 4.78 is 10.3. The van der Waals surface area contributed by atoms with E-state index in [1.807, 2.05) is 4.90 Å². The van der Waals surface area contributed by atoms with E-state index in [0.717, 1.165) is 19.5 Å². The van der Waals surface area contributed by atoms with Crippen LogP contribution in [0, 0.1) is 0 Å². The van der Waals surface area contributed by atoms with Crippen LogP contribution in [0.15, 0.2) is 0 Å². The third-order valence-electron chi connectivity index (χ3n) is 2.99. The molecule has 0 bridgehead atoms. The summed E-state index contributed by atoms with van der Waals surface area (Å²) in [5, 5.41) is 8.96. The molecule has 3 N–H and O–H groups in total. The van der Waals surface area contributed by atoms with Crippen molar-refractivity contribution in [3.63, 3.8) is 0 Å². The normalized spacial score (nSPS) is 25.3. The Balaban J connectivity index is 2.08. The fourth-order valence-electron chi connectivity index (χ4n) is 1.88. The van der Waals surface area contributed by atoms with Gasteiger partial charge in [-0.3, -0.25) is 9.69 Å². The van der Waals surface area contributed by atoms with Crippen LogP contribution in [-0.4, -0.2) is 68.1 Å². The summed E-state index contributed by atoms with van der Waals surface area (Å²) in [5.41, 5.74) is 4.69. The summed E-state index contributed by atoms with van der Waals surface area (Å²) in [6.45, 7) is 3.86. The molecule has 1 unspecified atom stereocenters. The van der Waals surface area contributed by atoms with Crippen molar-refractivity contribution in [2.75, 3.05) is 46.6 Å². The van der Waals surface area contributed by atoms with E-state index in [4.69, 9.17) is 20.3 Å². The average Bonchev–Trinajstić information content (AvgIpc) is 2.67.